The average molecular weight is 341 g/mol. The molecule has 0 spiro atoms. The zero-order valence-corrected chi connectivity index (χ0v) is 12.9. The molecule has 2 rings (SSSR count). The molecule has 2 N–H and O–H groups in total. The molecule has 0 heterocycles. The summed E-state index contributed by atoms with van der Waals surface area (Å²) in [6.07, 6.45) is 0.873. The number of hydrogen-bond acceptors (Lipinski definition) is 2. The molecule has 2 nitrogen and oxygen atoms in total. The van der Waals surface area contributed by atoms with Gasteiger partial charge >= 0.3 is 0 Å². The summed E-state index contributed by atoms with van der Waals surface area (Å²) < 4.78 is 0.853. The van der Waals surface area contributed by atoms with E-state index in [2.05, 4.69) is 28.2 Å². The van der Waals surface area contributed by atoms with Gasteiger partial charge in [0.1, 0.15) is 5.75 Å². The van der Waals surface area contributed by atoms with Gasteiger partial charge in [-0.25, -0.2) is 0 Å². The van der Waals surface area contributed by atoms with Crippen LogP contribution in [0.4, 0.5) is 5.69 Å². The number of halogens is 2. The van der Waals surface area contributed by atoms with Crippen LogP contribution in [0.5, 0.6) is 5.75 Å². The van der Waals surface area contributed by atoms with Gasteiger partial charge in [0.15, 0.2) is 0 Å². The van der Waals surface area contributed by atoms with Crippen molar-refractivity contribution < 1.29 is 5.11 Å². The molecule has 0 aliphatic carbocycles. The second kappa shape index (κ2) is 6.31. The first-order chi connectivity index (χ1) is 9.11. The van der Waals surface area contributed by atoms with Gasteiger partial charge in [0.05, 0.1) is 11.1 Å². The Bertz CT molecular complexity index is 574. The number of rotatable bonds is 4. The first-order valence-electron chi connectivity index (χ1n) is 6.11. The van der Waals surface area contributed by atoms with Crippen molar-refractivity contribution in [1.29, 1.82) is 0 Å². The molecule has 0 saturated carbocycles. The predicted molar refractivity (Wildman–Crippen MR) is 83.9 cm³/mol. The number of benzene rings is 2. The molecule has 0 aromatic heterocycles. The maximum Gasteiger partial charge on any atom is 0.120 e. The number of anilines is 1. The molecule has 0 radical (unpaired) electrons. The van der Waals surface area contributed by atoms with Gasteiger partial charge < -0.3 is 10.4 Å². The van der Waals surface area contributed by atoms with Crippen LogP contribution in [0, 0.1) is 0 Å². The van der Waals surface area contributed by atoms with Gasteiger partial charge in [-0.1, -0.05) is 36.7 Å². The second-order valence-electron chi connectivity index (χ2n) is 4.29. The van der Waals surface area contributed by atoms with E-state index in [-0.39, 0.29) is 6.04 Å². The molecular weight excluding hydrogens is 326 g/mol. The van der Waals surface area contributed by atoms with E-state index >= 15 is 0 Å². The van der Waals surface area contributed by atoms with Crippen LogP contribution in [0.25, 0.3) is 0 Å². The lowest BCUT2D eigenvalue weighted by atomic mass is 10.0. The highest BCUT2D eigenvalue weighted by molar-refractivity contribution is 9.10. The van der Waals surface area contributed by atoms with E-state index in [9.17, 15) is 5.11 Å². The zero-order chi connectivity index (χ0) is 13.8. The third kappa shape index (κ3) is 3.43. The third-order valence-electron chi connectivity index (χ3n) is 2.98. The first-order valence-corrected chi connectivity index (χ1v) is 7.28. The maximum absolute atomic E-state index is 9.92. The second-order valence-corrected chi connectivity index (χ2v) is 5.55. The Labute approximate surface area is 126 Å². The quantitative estimate of drug-likeness (QED) is 0.784. The predicted octanol–water partition coefficient (Wildman–Crippen LogP) is 5.37. The smallest absolute Gasteiger partial charge is 0.120 e. The van der Waals surface area contributed by atoms with Crippen molar-refractivity contribution in [2.75, 3.05) is 5.32 Å². The fraction of sp³-hybridized carbons (Fsp3) is 0.200. The Hall–Kier alpha value is -1.19. The Morgan fingerprint density at radius 1 is 1.26 bits per heavy atom. The van der Waals surface area contributed by atoms with Crippen LogP contribution in [0.1, 0.15) is 24.9 Å². The number of para-hydroxylation sites is 1. The largest absolute Gasteiger partial charge is 0.508 e. The van der Waals surface area contributed by atoms with Crippen LogP contribution in [0.2, 0.25) is 5.02 Å². The lowest BCUT2D eigenvalue weighted by molar-refractivity contribution is 0.463. The van der Waals surface area contributed by atoms with Crippen molar-refractivity contribution >= 4 is 33.2 Å². The van der Waals surface area contributed by atoms with Crippen molar-refractivity contribution in [3.8, 4) is 5.75 Å². The van der Waals surface area contributed by atoms with E-state index in [1.54, 1.807) is 6.07 Å². The van der Waals surface area contributed by atoms with E-state index in [1.807, 2.05) is 36.4 Å². The van der Waals surface area contributed by atoms with Crippen LogP contribution in [-0.4, -0.2) is 5.11 Å². The molecule has 1 unspecified atom stereocenters. The SMILES string of the molecule is CCC(Nc1ccc(Cl)c(Br)c1)c1ccccc1O. The van der Waals surface area contributed by atoms with E-state index in [0.717, 1.165) is 22.1 Å². The van der Waals surface area contributed by atoms with Crippen LogP contribution < -0.4 is 5.32 Å². The van der Waals surface area contributed by atoms with Gasteiger partial charge in [-0.15, -0.1) is 0 Å². The van der Waals surface area contributed by atoms with Gasteiger partial charge in [0.2, 0.25) is 0 Å². The normalized spacial score (nSPS) is 12.2. The van der Waals surface area contributed by atoms with E-state index in [4.69, 9.17) is 11.6 Å². The summed E-state index contributed by atoms with van der Waals surface area (Å²) in [5.74, 6) is 0.315. The zero-order valence-electron chi connectivity index (χ0n) is 10.5. The molecule has 100 valence electrons. The fourth-order valence-corrected chi connectivity index (χ4v) is 2.47. The number of phenols is 1. The number of phenolic OH excluding ortho intramolecular Hbond substituents is 1. The van der Waals surface area contributed by atoms with E-state index in [0.29, 0.717) is 10.8 Å². The molecule has 2 aromatic carbocycles. The van der Waals surface area contributed by atoms with Gasteiger partial charge in [-0.2, -0.15) is 0 Å². The monoisotopic (exact) mass is 339 g/mol. The van der Waals surface area contributed by atoms with Crippen molar-refractivity contribution in [2.45, 2.75) is 19.4 Å². The summed E-state index contributed by atoms with van der Waals surface area (Å²) in [4.78, 5) is 0. The van der Waals surface area contributed by atoms with Gasteiger partial charge in [0, 0.05) is 15.7 Å². The summed E-state index contributed by atoms with van der Waals surface area (Å²) in [7, 11) is 0. The van der Waals surface area contributed by atoms with Gasteiger partial charge in [-0.3, -0.25) is 0 Å². The average Bonchev–Trinajstić information content (AvgIpc) is 2.41. The summed E-state index contributed by atoms with van der Waals surface area (Å²) in [5, 5.41) is 14.0. The highest BCUT2D eigenvalue weighted by atomic mass is 79.9. The molecule has 0 bridgehead atoms. The minimum Gasteiger partial charge on any atom is -0.508 e. The molecule has 4 heteroatoms. The Morgan fingerprint density at radius 2 is 2.00 bits per heavy atom. The third-order valence-corrected chi connectivity index (χ3v) is 4.19. The van der Waals surface area contributed by atoms with Crippen molar-refractivity contribution in [3.05, 3.63) is 57.5 Å². The molecule has 1 atom stereocenters. The maximum atomic E-state index is 9.92. The Morgan fingerprint density at radius 3 is 2.63 bits per heavy atom. The van der Waals surface area contributed by atoms with Crippen LogP contribution in [0.15, 0.2) is 46.9 Å². The van der Waals surface area contributed by atoms with Crippen molar-refractivity contribution in [3.63, 3.8) is 0 Å². The minimum atomic E-state index is 0.0641. The molecule has 0 saturated heterocycles. The van der Waals surface area contributed by atoms with Crippen LogP contribution >= 0.6 is 27.5 Å². The Kier molecular flexibility index (Phi) is 4.72. The van der Waals surface area contributed by atoms with E-state index in [1.165, 1.54) is 0 Å². The number of aromatic hydroxyl groups is 1. The molecule has 0 fully saturated rings. The molecule has 2 aromatic rings. The summed E-state index contributed by atoms with van der Waals surface area (Å²) in [5.41, 5.74) is 1.86. The van der Waals surface area contributed by atoms with E-state index < -0.39 is 0 Å². The molecular formula is C15H15BrClNO. The highest BCUT2D eigenvalue weighted by Crippen LogP contribution is 2.31. The lowest BCUT2D eigenvalue weighted by Gasteiger charge is -2.20. The first kappa shape index (κ1) is 14.2. The number of hydrogen-bond donors (Lipinski definition) is 2. The minimum absolute atomic E-state index is 0.0641. The summed E-state index contributed by atoms with van der Waals surface area (Å²) in [6.45, 7) is 2.08. The van der Waals surface area contributed by atoms with Crippen LogP contribution in [0.3, 0.4) is 0 Å². The summed E-state index contributed by atoms with van der Waals surface area (Å²) in [6, 6.07) is 13.2. The molecule has 0 aliphatic heterocycles. The topological polar surface area (TPSA) is 32.3 Å². The van der Waals surface area contributed by atoms with Crippen molar-refractivity contribution in [1.82, 2.24) is 0 Å². The summed E-state index contributed by atoms with van der Waals surface area (Å²) >= 11 is 9.39. The Balaban J connectivity index is 2.24. The van der Waals surface area contributed by atoms with Gasteiger partial charge in [0.25, 0.3) is 0 Å². The standard InChI is InChI=1S/C15H15BrClNO/c1-2-14(11-5-3-4-6-15(11)19)18-10-7-8-13(17)12(16)9-10/h3-9,14,18-19H,2H2,1H3. The fourth-order valence-electron chi connectivity index (χ4n) is 1.97. The van der Waals surface area contributed by atoms with Crippen molar-refractivity contribution in [2.24, 2.45) is 0 Å². The van der Waals surface area contributed by atoms with Gasteiger partial charge in [-0.05, 0) is 46.6 Å². The molecule has 0 amide bonds. The highest BCUT2D eigenvalue weighted by Gasteiger charge is 2.13. The lowest BCUT2D eigenvalue weighted by Crippen LogP contribution is -2.09. The molecule has 0 aliphatic rings. The molecule has 19 heavy (non-hydrogen) atoms. The number of nitrogens with one attached hydrogen (secondary N) is 1. The van der Waals surface area contributed by atoms with Crippen LogP contribution in [-0.2, 0) is 0 Å².